The standard InChI is InChI=1S/C34H36N2O10.2ClH/c1-15-29(38)21(36-14-17-7-9-18(35)10-8-17)11-24(45-15)46-23-13-34(43,16(2)37)12-20-26(23)33(42)28-27(31(20)40)30(39)19-5-4-6-22(44-3)25(19)32(28)41;;/h4-10,15,21,23-24,29,36,38,40,42-43H,11-14,35H2,1-3H3;2*1H/t15-,21-,23-,24-,29+,34-;;/m0../s1. The van der Waals surface area contributed by atoms with Gasteiger partial charge in [0.2, 0.25) is 5.78 Å². The van der Waals surface area contributed by atoms with Crippen LogP contribution in [0.5, 0.6) is 17.2 Å². The van der Waals surface area contributed by atoms with Crippen molar-refractivity contribution in [3.8, 4) is 17.2 Å². The Balaban J connectivity index is 0.00000260. The molecule has 1 fully saturated rings. The van der Waals surface area contributed by atoms with E-state index in [0.717, 1.165) is 5.56 Å². The number of ketones is 3. The maximum absolute atomic E-state index is 13.8. The Kier molecular flexibility index (Phi) is 10.8. The van der Waals surface area contributed by atoms with Crippen molar-refractivity contribution in [2.24, 2.45) is 0 Å². The Hall–Kier alpha value is -3.75. The van der Waals surface area contributed by atoms with Crippen molar-refractivity contribution in [2.75, 3.05) is 12.8 Å². The summed E-state index contributed by atoms with van der Waals surface area (Å²) >= 11 is 0. The van der Waals surface area contributed by atoms with Gasteiger partial charge in [0.15, 0.2) is 17.9 Å². The zero-order chi connectivity index (χ0) is 33.1. The predicted molar refractivity (Wildman–Crippen MR) is 178 cm³/mol. The fourth-order valence-corrected chi connectivity index (χ4v) is 6.71. The first-order chi connectivity index (χ1) is 21.8. The normalized spacial score (nSPS) is 25.9. The second-order valence-electron chi connectivity index (χ2n) is 12.2. The van der Waals surface area contributed by atoms with Crippen LogP contribution in [0.15, 0.2) is 42.5 Å². The molecule has 0 unspecified atom stereocenters. The van der Waals surface area contributed by atoms with Crippen LogP contribution in [0.1, 0.15) is 81.3 Å². The molecule has 1 saturated heterocycles. The minimum Gasteiger partial charge on any atom is -0.507 e. The quantitative estimate of drug-likeness (QED) is 0.121. The van der Waals surface area contributed by atoms with Crippen LogP contribution in [0, 0.1) is 0 Å². The van der Waals surface area contributed by atoms with Crippen molar-refractivity contribution >= 4 is 47.9 Å². The molecule has 14 heteroatoms. The Labute approximate surface area is 289 Å². The number of rotatable bonds is 7. The van der Waals surface area contributed by atoms with Crippen LogP contribution in [-0.2, 0) is 27.2 Å². The average Bonchev–Trinajstić information content (AvgIpc) is 3.02. The third-order valence-corrected chi connectivity index (χ3v) is 9.30. The lowest BCUT2D eigenvalue weighted by Gasteiger charge is -2.43. The lowest BCUT2D eigenvalue weighted by atomic mass is 9.72. The SMILES string of the molecule is COc1cccc2c1C(=O)c1c(O)c3c(c(O)c1C2=O)C[C@@](O)(C(C)=O)C[C@@H]3O[C@H]1C[C@H](NCc2ccc(N)cc2)[C@H](O)[C@H](C)O1.Cl.Cl. The van der Waals surface area contributed by atoms with E-state index in [1.807, 2.05) is 12.1 Å². The van der Waals surface area contributed by atoms with Gasteiger partial charge in [0.05, 0.1) is 42.1 Å². The first kappa shape index (κ1) is 37.1. The number of Topliss-reactive ketones (excluding diaryl/α,β-unsaturated/α-hetero) is 1. The van der Waals surface area contributed by atoms with E-state index < -0.39 is 82.6 Å². The number of hydrogen-bond acceptors (Lipinski definition) is 12. The van der Waals surface area contributed by atoms with E-state index in [1.165, 1.54) is 32.2 Å². The van der Waals surface area contributed by atoms with Crippen LogP contribution < -0.4 is 15.8 Å². The monoisotopic (exact) mass is 704 g/mol. The number of halogens is 2. The molecule has 3 aromatic carbocycles. The zero-order valence-corrected chi connectivity index (χ0v) is 28.0. The number of anilines is 1. The summed E-state index contributed by atoms with van der Waals surface area (Å²) in [5, 5.41) is 48.9. The highest BCUT2D eigenvalue weighted by molar-refractivity contribution is 6.31. The molecular formula is C34H38Cl2N2O10. The number of aliphatic hydroxyl groups is 2. The van der Waals surface area contributed by atoms with Gasteiger partial charge in [-0.05, 0) is 37.6 Å². The highest BCUT2D eigenvalue weighted by atomic mass is 35.5. The second-order valence-corrected chi connectivity index (χ2v) is 12.2. The number of benzene rings is 3. The predicted octanol–water partition coefficient (Wildman–Crippen LogP) is 3.29. The molecule has 1 heterocycles. The van der Waals surface area contributed by atoms with Gasteiger partial charge in [-0.2, -0.15) is 0 Å². The Morgan fingerprint density at radius 2 is 1.71 bits per heavy atom. The molecule has 0 saturated carbocycles. The van der Waals surface area contributed by atoms with E-state index in [0.29, 0.717) is 12.2 Å². The smallest absolute Gasteiger partial charge is 0.202 e. The molecule has 6 rings (SSSR count). The number of carbonyl (C=O) groups excluding carboxylic acids is 3. The first-order valence-electron chi connectivity index (χ1n) is 15.0. The van der Waals surface area contributed by atoms with Crippen molar-refractivity contribution in [3.05, 3.63) is 81.4 Å². The molecule has 0 amide bonds. The summed E-state index contributed by atoms with van der Waals surface area (Å²) in [6, 6.07) is 11.2. The van der Waals surface area contributed by atoms with Crippen LogP contribution in [-0.4, -0.2) is 75.0 Å². The van der Waals surface area contributed by atoms with Gasteiger partial charge >= 0.3 is 0 Å². The van der Waals surface area contributed by atoms with E-state index in [9.17, 15) is 34.8 Å². The van der Waals surface area contributed by atoms with E-state index in [4.69, 9.17) is 19.9 Å². The van der Waals surface area contributed by atoms with E-state index >= 15 is 0 Å². The van der Waals surface area contributed by atoms with Crippen molar-refractivity contribution in [1.82, 2.24) is 5.32 Å². The maximum atomic E-state index is 13.8. The summed E-state index contributed by atoms with van der Waals surface area (Å²) in [6.45, 7) is 3.29. The molecule has 6 atom stereocenters. The molecule has 258 valence electrons. The van der Waals surface area contributed by atoms with Crippen molar-refractivity contribution in [1.29, 1.82) is 0 Å². The van der Waals surface area contributed by atoms with Gasteiger partial charge in [0, 0.05) is 54.2 Å². The summed E-state index contributed by atoms with van der Waals surface area (Å²) < 4.78 is 17.6. The highest BCUT2D eigenvalue weighted by Crippen LogP contribution is 2.52. The maximum Gasteiger partial charge on any atom is 0.202 e. The molecule has 12 nitrogen and oxygen atoms in total. The van der Waals surface area contributed by atoms with Gasteiger partial charge in [-0.3, -0.25) is 14.4 Å². The number of aliphatic hydroxyl groups excluding tert-OH is 1. The van der Waals surface area contributed by atoms with Gasteiger partial charge in [-0.1, -0.05) is 24.3 Å². The number of hydrogen-bond donors (Lipinski definition) is 6. The van der Waals surface area contributed by atoms with Crippen LogP contribution >= 0.6 is 24.8 Å². The molecule has 3 aliphatic rings. The van der Waals surface area contributed by atoms with Gasteiger partial charge in [0.1, 0.15) is 22.8 Å². The molecule has 7 N–H and O–H groups in total. The van der Waals surface area contributed by atoms with E-state index in [2.05, 4.69) is 5.32 Å². The number of nitrogens with one attached hydrogen (secondary N) is 1. The molecule has 2 aliphatic carbocycles. The van der Waals surface area contributed by atoms with E-state index in [-0.39, 0.29) is 65.7 Å². The molecule has 0 radical (unpaired) electrons. The molecule has 0 bridgehead atoms. The summed E-state index contributed by atoms with van der Waals surface area (Å²) in [5.74, 6) is -3.17. The number of fused-ring (bicyclic) bond motifs is 3. The number of aromatic hydroxyl groups is 2. The summed E-state index contributed by atoms with van der Waals surface area (Å²) in [6.07, 6.45) is -4.45. The number of methoxy groups -OCH3 is 1. The first-order valence-corrected chi connectivity index (χ1v) is 15.0. The van der Waals surface area contributed by atoms with Crippen molar-refractivity contribution in [2.45, 2.75) is 75.9 Å². The molecule has 1 aliphatic heterocycles. The Morgan fingerprint density at radius 1 is 1.04 bits per heavy atom. The van der Waals surface area contributed by atoms with Gasteiger partial charge in [-0.15, -0.1) is 24.8 Å². The lowest BCUT2D eigenvalue weighted by Crippen LogP contribution is -2.54. The third-order valence-electron chi connectivity index (χ3n) is 9.30. The minimum absolute atomic E-state index is 0. The molecule has 0 spiro atoms. The van der Waals surface area contributed by atoms with Gasteiger partial charge in [0.25, 0.3) is 0 Å². The minimum atomic E-state index is -2.02. The average molecular weight is 706 g/mol. The number of phenolic OH excluding ortho intramolecular Hbond substituents is 2. The van der Waals surface area contributed by atoms with Gasteiger partial charge in [-0.25, -0.2) is 0 Å². The topological polar surface area (TPSA) is 198 Å². The fourth-order valence-electron chi connectivity index (χ4n) is 6.71. The third kappa shape index (κ3) is 6.25. The number of nitrogens with two attached hydrogens (primary N) is 1. The lowest BCUT2D eigenvalue weighted by molar-refractivity contribution is -0.249. The fraction of sp³-hybridized carbons (Fsp3) is 0.382. The summed E-state index contributed by atoms with van der Waals surface area (Å²) in [5.41, 5.74) is 4.29. The van der Waals surface area contributed by atoms with Crippen molar-refractivity contribution < 1.29 is 49.0 Å². The van der Waals surface area contributed by atoms with E-state index in [1.54, 1.807) is 19.1 Å². The number of phenols is 2. The highest BCUT2D eigenvalue weighted by Gasteiger charge is 2.49. The van der Waals surface area contributed by atoms with Gasteiger partial charge < -0.3 is 45.7 Å². The van der Waals surface area contributed by atoms with Crippen LogP contribution in [0.3, 0.4) is 0 Å². The molecule has 48 heavy (non-hydrogen) atoms. The van der Waals surface area contributed by atoms with Crippen LogP contribution in [0.2, 0.25) is 0 Å². The number of nitrogen functional groups attached to an aromatic ring is 1. The van der Waals surface area contributed by atoms with Crippen molar-refractivity contribution in [3.63, 3.8) is 0 Å². The summed E-state index contributed by atoms with van der Waals surface area (Å²) in [4.78, 5) is 40.2. The van der Waals surface area contributed by atoms with Crippen LogP contribution in [0.25, 0.3) is 0 Å². The Bertz CT molecular complexity index is 1750. The molecule has 3 aromatic rings. The second kappa shape index (κ2) is 14.0. The molecular weight excluding hydrogens is 667 g/mol. The largest absolute Gasteiger partial charge is 0.507 e. The zero-order valence-electron chi connectivity index (χ0n) is 26.4. The number of carbonyl (C=O) groups is 3. The number of ether oxygens (including phenoxy) is 3. The Morgan fingerprint density at radius 3 is 2.35 bits per heavy atom. The molecule has 0 aromatic heterocycles. The summed E-state index contributed by atoms with van der Waals surface area (Å²) in [7, 11) is 1.35. The van der Waals surface area contributed by atoms with Crippen LogP contribution in [0.4, 0.5) is 5.69 Å².